The molecule has 0 aromatic carbocycles. The lowest BCUT2D eigenvalue weighted by Crippen LogP contribution is -2.63. The van der Waals surface area contributed by atoms with Crippen molar-refractivity contribution in [3.8, 4) is 0 Å². The Morgan fingerprint density at radius 1 is 0.512 bits per heavy atom. The van der Waals surface area contributed by atoms with Crippen molar-refractivity contribution in [1.82, 2.24) is 55.6 Å². The monoisotopic (exact) mass is 1220 g/mol. The molecule has 1 rings (SSSR count). The first-order chi connectivity index (χ1) is 39.5. The molecule has 0 aromatic heterocycles. The zero-order chi connectivity index (χ0) is 66.9. The van der Waals surface area contributed by atoms with Gasteiger partial charge in [0.15, 0.2) is 0 Å². The summed E-state index contributed by atoms with van der Waals surface area (Å²) in [6.45, 7) is 28.1. The fraction of sp³-hybridized carbons (Fsp3) is 0.790. The van der Waals surface area contributed by atoms with E-state index in [0.29, 0.717) is 6.42 Å². The largest absolute Gasteiger partial charge is 0.390 e. The summed E-state index contributed by atoms with van der Waals surface area (Å²) in [4.78, 5) is 168. The molecule has 1 fully saturated rings. The predicted molar refractivity (Wildman–Crippen MR) is 330 cm³/mol. The Morgan fingerprint density at radius 3 is 1.42 bits per heavy atom. The summed E-state index contributed by atoms with van der Waals surface area (Å²) in [6.07, 6.45) is 2.38. The van der Waals surface area contributed by atoms with Crippen LogP contribution >= 0.6 is 0 Å². The maximum atomic E-state index is 15.1. The van der Waals surface area contributed by atoms with E-state index in [1.165, 1.54) is 96.6 Å². The van der Waals surface area contributed by atoms with E-state index in [-0.39, 0.29) is 49.9 Å². The molecule has 24 heteroatoms. The van der Waals surface area contributed by atoms with E-state index in [2.05, 4.69) is 21.3 Å². The molecular weight excluding hydrogens is 1110 g/mol. The third kappa shape index (κ3) is 21.9. The Balaban J connectivity index is 4.36. The number of carbonyl (C=O) groups excluding carboxylic acids is 11. The van der Waals surface area contributed by atoms with Gasteiger partial charge >= 0.3 is 0 Å². The summed E-state index contributed by atoms with van der Waals surface area (Å²) in [5.74, 6) is -10.3. The Hall–Kier alpha value is -6.17. The molecule has 12 atom stereocenters. The molecule has 24 nitrogen and oxygen atoms in total. The molecule has 1 aliphatic rings. The normalized spacial score (nSPS) is 26.9. The fourth-order valence-corrected chi connectivity index (χ4v) is 10.7. The van der Waals surface area contributed by atoms with Gasteiger partial charge in [0, 0.05) is 55.8 Å². The molecule has 6 N–H and O–H groups in total. The fourth-order valence-electron chi connectivity index (χ4n) is 10.7. The molecule has 0 aromatic rings. The molecule has 11 amide bonds. The second-order valence-corrected chi connectivity index (χ2v) is 26.5. The number of aliphatic hydroxyl groups is 2. The van der Waals surface area contributed by atoms with Crippen LogP contribution in [0.25, 0.3) is 0 Å². The third-order valence-corrected chi connectivity index (χ3v) is 16.1. The van der Waals surface area contributed by atoms with E-state index in [4.69, 9.17) is 0 Å². The van der Waals surface area contributed by atoms with Crippen molar-refractivity contribution >= 4 is 65.0 Å². The van der Waals surface area contributed by atoms with E-state index in [1.54, 1.807) is 60.6 Å². The van der Waals surface area contributed by atoms with Crippen molar-refractivity contribution < 1.29 is 63.0 Å². The molecule has 0 radical (unpaired) electrons. The quantitative estimate of drug-likeness (QED) is 0.129. The maximum Gasteiger partial charge on any atom is 0.246 e. The number of carbonyl (C=O) groups is 11. The van der Waals surface area contributed by atoms with Gasteiger partial charge in [-0.3, -0.25) is 52.7 Å². The summed E-state index contributed by atoms with van der Waals surface area (Å²) < 4.78 is 0. The Bertz CT molecular complexity index is 2370. The summed E-state index contributed by atoms with van der Waals surface area (Å²) in [5, 5.41) is 34.2. The number of amides is 11. The SMILES string of the molecule is C/C=C/CC(C)C(O)[C@H]1C(=O)N[C@@H](CC)C(=O)N(C)CC(=O)N(C)[C@@H](CC(C)C)C(=O)N[C@@H](C(C)C)C(=O)N(C)[C@@H](CC(C)C)C(=O)N[C@@H](C)C(=O)N[C@H](C)C(=O)N(C)[C@@H](CC(C)(C)O)C(=O)N(C)[C@@H](CC(C)C)C(=O)N(C)[C@@H](C(C)C)C(=O)N1C. The number of aliphatic hydroxyl groups excluding tert-OH is 1. The number of rotatable bonds is 15. The van der Waals surface area contributed by atoms with Gasteiger partial charge in [0.25, 0.3) is 0 Å². The van der Waals surface area contributed by atoms with Crippen molar-refractivity contribution in [2.45, 2.75) is 228 Å². The number of hydrogen-bond donors (Lipinski definition) is 6. The van der Waals surface area contributed by atoms with E-state index in [0.717, 1.165) is 14.7 Å². The summed E-state index contributed by atoms with van der Waals surface area (Å²) in [7, 11) is 9.63. The van der Waals surface area contributed by atoms with Gasteiger partial charge < -0.3 is 65.8 Å². The summed E-state index contributed by atoms with van der Waals surface area (Å²) >= 11 is 0. The highest BCUT2D eigenvalue weighted by Gasteiger charge is 2.46. The summed E-state index contributed by atoms with van der Waals surface area (Å²) in [5.41, 5.74) is -1.56. The van der Waals surface area contributed by atoms with Crippen LogP contribution in [0.3, 0.4) is 0 Å². The lowest BCUT2D eigenvalue weighted by atomic mass is 9.91. The van der Waals surface area contributed by atoms with Gasteiger partial charge in [0.1, 0.15) is 60.4 Å². The van der Waals surface area contributed by atoms with Crippen molar-refractivity contribution in [1.29, 1.82) is 0 Å². The Labute approximate surface area is 513 Å². The van der Waals surface area contributed by atoms with Crippen molar-refractivity contribution in [3.05, 3.63) is 12.2 Å². The van der Waals surface area contributed by atoms with Crippen molar-refractivity contribution in [2.75, 3.05) is 55.9 Å². The minimum atomic E-state index is -1.64. The molecule has 0 saturated carbocycles. The number of likely N-dealkylation sites (N-methyl/N-ethyl adjacent to an activating group) is 7. The molecular formula is C62H111N11O13. The lowest BCUT2D eigenvalue weighted by Gasteiger charge is -2.42. The number of hydrogen-bond acceptors (Lipinski definition) is 13. The van der Waals surface area contributed by atoms with Crippen LogP contribution in [0.1, 0.15) is 156 Å². The zero-order valence-electron chi connectivity index (χ0n) is 56.4. The lowest BCUT2D eigenvalue weighted by molar-refractivity contribution is -0.158. The van der Waals surface area contributed by atoms with Gasteiger partial charge in [-0.05, 0) is 102 Å². The van der Waals surface area contributed by atoms with Crippen LogP contribution < -0.4 is 21.3 Å². The average molecular weight is 1220 g/mol. The summed E-state index contributed by atoms with van der Waals surface area (Å²) in [6, 6.07) is -13.0. The molecule has 86 heavy (non-hydrogen) atoms. The second kappa shape index (κ2) is 34.4. The Kier molecular flexibility index (Phi) is 31.1. The predicted octanol–water partition coefficient (Wildman–Crippen LogP) is 2.38. The van der Waals surface area contributed by atoms with Gasteiger partial charge in [-0.2, -0.15) is 0 Å². The molecule has 2 unspecified atom stereocenters. The maximum absolute atomic E-state index is 15.1. The van der Waals surface area contributed by atoms with Crippen LogP contribution in [0, 0.1) is 35.5 Å². The van der Waals surface area contributed by atoms with Crippen molar-refractivity contribution in [2.24, 2.45) is 35.5 Å². The van der Waals surface area contributed by atoms with Crippen LogP contribution in [0.4, 0.5) is 0 Å². The number of allylic oxidation sites excluding steroid dienone is 2. The minimum Gasteiger partial charge on any atom is -0.390 e. The molecule has 492 valence electrons. The van der Waals surface area contributed by atoms with Crippen LogP contribution in [0.5, 0.6) is 0 Å². The van der Waals surface area contributed by atoms with E-state index in [9.17, 15) is 53.4 Å². The van der Waals surface area contributed by atoms with Crippen LogP contribution in [-0.2, 0) is 52.7 Å². The van der Waals surface area contributed by atoms with Gasteiger partial charge in [-0.15, -0.1) is 0 Å². The number of nitrogens with one attached hydrogen (secondary N) is 4. The van der Waals surface area contributed by atoms with E-state index >= 15 is 9.59 Å². The van der Waals surface area contributed by atoms with Gasteiger partial charge in [0.05, 0.1) is 18.2 Å². The first-order valence-corrected chi connectivity index (χ1v) is 30.6. The van der Waals surface area contributed by atoms with Crippen LogP contribution in [-0.4, -0.2) is 237 Å². The van der Waals surface area contributed by atoms with Gasteiger partial charge in [-0.1, -0.05) is 95.2 Å². The molecule has 0 bridgehead atoms. The highest BCUT2D eigenvalue weighted by Crippen LogP contribution is 2.26. The first kappa shape index (κ1) is 77.8. The minimum absolute atomic E-state index is 0.00763. The van der Waals surface area contributed by atoms with E-state index < -0.39 is 161 Å². The molecule has 1 saturated heterocycles. The highest BCUT2D eigenvalue weighted by atomic mass is 16.3. The molecule has 0 spiro atoms. The number of nitrogens with zero attached hydrogens (tertiary/aromatic N) is 7. The standard InChI is InChI=1S/C62H111N11O13/c1-25-27-28-39(13)51(75)50-55(79)65-42(26-2)57(81)67(18)33-47(74)68(19)43(29-34(3)4)54(78)66-48(37(9)10)60(84)69(20)44(30-35(5)6)53(77)63-40(14)52(76)64-41(15)56(80)71(22)46(32-62(16,17)86)59(83)70(21)45(31-36(7)8)58(82)72(23)49(38(11)12)61(85)73(50)24/h25,27,34-46,48-51,75,86H,26,28-33H2,1-24H3,(H,63,77)(H,64,76)(H,65,79)(H,66,78)/b27-25+/t39?,40-,41+,42-,43-,44-,45-,46-,48-,49-,50-,51?/m0/s1. The second-order valence-electron chi connectivity index (χ2n) is 26.5. The van der Waals surface area contributed by atoms with Gasteiger partial charge in [-0.25, -0.2) is 0 Å². The van der Waals surface area contributed by atoms with Gasteiger partial charge in [0.2, 0.25) is 65.0 Å². The van der Waals surface area contributed by atoms with Crippen molar-refractivity contribution in [3.63, 3.8) is 0 Å². The highest BCUT2D eigenvalue weighted by molar-refractivity contribution is 5.99. The molecule has 1 heterocycles. The van der Waals surface area contributed by atoms with Crippen LogP contribution in [0.2, 0.25) is 0 Å². The molecule has 1 aliphatic heterocycles. The Morgan fingerprint density at radius 2 is 0.953 bits per heavy atom. The smallest absolute Gasteiger partial charge is 0.246 e. The zero-order valence-corrected chi connectivity index (χ0v) is 56.4. The topological polar surface area (TPSA) is 299 Å². The molecule has 0 aliphatic carbocycles. The first-order valence-electron chi connectivity index (χ1n) is 30.6. The average Bonchev–Trinajstić information content (AvgIpc) is 2.11. The van der Waals surface area contributed by atoms with Crippen LogP contribution in [0.15, 0.2) is 12.2 Å². The third-order valence-electron chi connectivity index (χ3n) is 16.1. The van der Waals surface area contributed by atoms with E-state index in [1.807, 2.05) is 41.5 Å².